The molecule has 2 aromatic rings. The molecule has 0 saturated heterocycles. The van der Waals surface area contributed by atoms with Gasteiger partial charge in [0.25, 0.3) is 0 Å². The van der Waals surface area contributed by atoms with Gasteiger partial charge in [0.15, 0.2) is 0 Å². The molecule has 0 radical (unpaired) electrons. The molecule has 1 aromatic carbocycles. The number of anilines is 1. The van der Waals surface area contributed by atoms with Gasteiger partial charge in [-0.05, 0) is 48.4 Å². The summed E-state index contributed by atoms with van der Waals surface area (Å²) < 4.78 is 15.0. The van der Waals surface area contributed by atoms with Gasteiger partial charge in [-0.25, -0.2) is 9.07 Å². The third-order valence-corrected chi connectivity index (χ3v) is 5.31. The van der Waals surface area contributed by atoms with Gasteiger partial charge in [0.05, 0.1) is 16.3 Å². The minimum absolute atomic E-state index is 0.0294. The average Bonchev–Trinajstić information content (AvgIpc) is 3.21. The van der Waals surface area contributed by atoms with Crippen LogP contribution in [0.5, 0.6) is 0 Å². The van der Waals surface area contributed by atoms with E-state index in [1.54, 1.807) is 6.92 Å². The van der Waals surface area contributed by atoms with Crippen LogP contribution in [0.3, 0.4) is 0 Å². The Labute approximate surface area is 148 Å². The van der Waals surface area contributed by atoms with Gasteiger partial charge in [-0.2, -0.15) is 0 Å². The van der Waals surface area contributed by atoms with Crippen LogP contribution in [0.2, 0.25) is 5.02 Å². The molecule has 0 bridgehead atoms. The zero-order valence-corrected chi connectivity index (χ0v) is 14.6. The summed E-state index contributed by atoms with van der Waals surface area (Å²) in [4.78, 5) is 12.3. The molecule has 1 N–H and O–H groups in total. The van der Waals surface area contributed by atoms with Crippen LogP contribution in [-0.4, -0.2) is 31.4 Å². The number of nitrogens with one attached hydrogen (secondary N) is 1. The number of hydrogen-bond donors (Lipinski definition) is 1. The number of tetrazole rings is 1. The van der Waals surface area contributed by atoms with Crippen LogP contribution in [0.25, 0.3) is 0 Å². The zero-order chi connectivity index (χ0) is 17.1. The van der Waals surface area contributed by atoms with Crippen molar-refractivity contribution >= 4 is 35.0 Å². The lowest BCUT2D eigenvalue weighted by Crippen LogP contribution is -2.23. The Hall–Kier alpha value is -1.67. The highest BCUT2D eigenvalue weighted by atomic mass is 35.5. The molecule has 3 rings (SSSR count). The number of benzene rings is 1. The minimum Gasteiger partial charge on any atom is -0.325 e. The molecule has 24 heavy (non-hydrogen) atoms. The Morgan fingerprint density at radius 2 is 2.21 bits per heavy atom. The lowest BCUT2D eigenvalue weighted by atomic mass is 10.3. The first kappa shape index (κ1) is 17.2. The molecule has 1 amide bonds. The number of rotatable bonds is 5. The maximum Gasteiger partial charge on any atom is 0.237 e. The standard InChI is InChI=1S/C15H17ClFN5OS/c1-9(14(23)18-10-6-7-13(17)12(16)8-10)24-15-19-20-21-22(15)11-4-2-3-5-11/h6-9,11H,2-5H2,1H3,(H,18,23). The van der Waals surface area contributed by atoms with Crippen molar-refractivity contribution in [1.82, 2.24) is 20.2 Å². The maximum atomic E-state index is 13.2. The van der Waals surface area contributed by atoms with Crippen LogP contribution in [-0.2, 0) is 4.79 Å². The summed E-state index contributed by atoms with van der Waals surface area (Å²) in [5.41, 5.74) is 0.453. The van der Waals surface area contributed by atoms with E-state index in [2.05, 4.69) is 20.8 Å². The zero-order valence-electron chi connectivity index (χ0n) is 13.1. The van der Waals surface area contributed by atoms with Gasteiger partial charge in [0.2, 0.25) is 11.1 Å². The summed E-state index contributed by atoms with van der Waals surface area (Å²) in [6.07, 6.45) is 4.48. The summed E-state index contributed by atoms with van der Waals surface area (Å²) in [5.74, 6) is -0.739. The van der Waals surface area contributed by atoms with Gasteiger partial charge < -0.3 is 5.32 Å². The Bertz CT molecular complexity index is 734. The van der Waals surface area contributed by atoms with E-state index in [1.807, 2.05) is 4.68 Å². The quantitative estimate of drug-likeness (QED) is 0.813. The SMILES string of the molecule is CC(Sc1nnnn1C1CCCC1)C(=O)Nc1ccc(F)c(Cl)c1. The predicted molar refractivity (Wildman–Crippen MR) is 90.7 cm³/mol. The Balaban J connectivity index is 1.64. The average molecular weight is 370 g/mol. The topological polar surface area (TPSA) is 72.7 Å². The Morgan fingerprint density at radius 1 is 1.46 bits per heavy atom. The first-order valence-corrected chi connectivity index (χ1v) is 9.01. The van der Waals surface area contributed by atoms with Crippen molar-refractivity contribution in [2.75, 3.05) is 5.32 Å². The van der Waals surface area contributed by atoms with Gasteiger partial charge in [0.1, 0.15) is 5.82 Å². The van der Waals surface area contributed by atoms with Crippen molar-refractivity contribution in [3.8, 4) is 0 Å². The van der Waals surface area contributed by atoms with E-state index in [9.17, 15) is 9.18 Å². The number of hydrogen-bond acceptors (Lipinski definition) is 5. The minimum atomic E-state index is -0.521. The number of carbonyl (C=O) groups excluding carboxylic acids is 1. The first-order valence-electron chi connectivity index (χ1n) is 7.75. The fraction of sp³-hybridized carbons (Fsp3) is 0.467. The van der Waals surface area contributed by atoms with Crippen molar-refractivity contribution in [2.45, 2.75) is 49.1 Å². The summed E-state index contributed by atoms with van der Waals surface area (Å²) in [5, 5.41) is 14.8. The van der Waals surface area contributed by atoms with Crippen LogP contribution in [0, 0.1) is 5.82 Å². The second-order valence-electron chi connectivity index (χ2n) is 5.72. The maximum absolute atomic E-state index is 13.2. The molecule has 0 spiro atoms. The molecule has 1 atom stereocenters. The van der Waals surface area contributed by atoms with Gasteiger partial charge in [-0.15, -0.1) is 5.10 Å². The smallest absolute Gasteiger partial charge is 0.237 e. The lowest BCUT2D eigenvalue weighted by molar-refractivity contribution is -0.115. The van der Waals surface area contributed by atoms with E-state index in [-0.39, 0.29) is 10.9 Å². The van der Waals surface area contributed by atoms with E-state index in [0.29, 0.717) is 16.9 Å². The van der Waals surface area contributed by atoms with Gasteiger partial charge in [0, 0.05) is 5.69 Å². The normalized spacial score (nSPS) is 16.3. The monoisotopic (exact) mass is 369 g/mol. The van der Waals surface area contributed by atoms with Crippen LogP contribution in [0.1, 0.15) is 38.6 Å². The Kier molecular flexibility index (Phi) is 5.35. The number of nitrogens with zero attached hydrogens (tertiary/aromatic N) is 4. The molecule has 1 saturated carbocycles. The molecule has 1 heterocycles. The van der Waals surface area contributed by atoms with Crippen molar-refractivity contribution in [2.24, 2.45) is 0 Å². The van der Waals surface area contributed by atoms with Gasteiger partial charge in [-0.1, -0.05) is 36.2 Å². The summed E-state index contributed by atoms with van der Waals surface area (Å²) >= 11 is 7.03. The fourth-order valence-electron chi connectivity index (χ4n) is 2.67. The molecule has 128 valence electrons. The highest BCUT2D eigenvalue weighted by molar-refractivity contribution is 8.00. The molecular formula is C15H17ClFN5OS. The second-order valence-corrected chi connectivity index (χ2v) is 7.44. The largest absolute Gasteiger partial charge is 0.325 e. The van der Waals surface area contributed by atoms with Crippen LogP contribution < -0.4 is 5.32 Å². The molecule has 1 aromatic heterocycles. The van der Waals surface area contributed by atoms with E-state index in [4.69, 9.17) is 11.6 Å². The molecule has 1 aliphatic carbocycles. The third kappa shape index (κ3) is 3.87. The van der Waals surface area contributed by atoms with Crippen molar-refractivity contribution in [3.05, 3.63) is 29.0 Å². The lowest BCUT2D eigenvalue weighted by Gasteiger charge is -2.14. The number of thioether (sulfide) groups is 1. The predicted octanol–water partition coefficient (Wildman–Crippen LogP) is 3.70. The highest BCUT2D eigenvalue weighted by Gasteiger charge is 2.24. The molecule has 6 nitrogen and oxygen atoms in total. The third-order valence-electron chi connectivity index (χ3n) is 3.97. The molecule has 1 fully saturated rings. The van der Waals surface area contributed by atoms with Crippen LogP contribution in [0.15, 0.2) is 23.4 Å². The van der Waals surface area contributed by atoms with Crippen molar-refractivity contribution < 1.29 is 9.18 Å². The van der Waals surface area contributed by atoms with E-state index >= 15 is 0 Å². The van der Waals surface area contributed by atoms with Crippen LogP contribution >= 0.6 is 23.4 Å². The van der Waals surface area contributed by atoms with E-state index < -0.39 is 11.1 Å². The molecule has 0 aliphatic heterocycles. The highest BCUT2D eigenvalue weighted by Crippen LogP contribution is 2.32. The molecule has 1 aliphatic rings. The number of amides is 1. The second kappa shape index (κ2) is 7.48. The van der Waals surface area contributed by atoms with Gasteiger partial charge >= 0.3 is 0 Å². The van der Waals surface area contributed by atoms with E-state index in [0.717, 1.165) is 12.8 Å². The molecule has 9 heteroatoms. The summed E-state index contributed by atoms with van der Waals surface area (Å²) in [6.45, 7) is 1.78. The summed E-state index contributed by atoms with van der Waals surface area (Å²) in [7, 11) is 0. The van der Waals surface area contributed by atoms with Gasteiger partial charge in [-0.3, -0.25) is 4.79 Å². The number of halogens is 2. The Morgan fingerprint density at radius 3 is 2.92 bits per heavy atom. The number of carbonyl (C=O) groups is 1. The number of aromatic nitrogens is 4. The molecule has 1 unspecified atom stereocenters. The fourth-order valence-corrected chi connectivity index (χ4v) is 3.71. The van der Waals surface area contributed by atoms with Crippen molar-refractivity contribution in [3.63, 3.8) is 0 Å². The van der Waals surface area contributed by atoms with E-state index in [1.165, 1.54) is 42.8 Å². The first-order chi connectivity index (χ1) is 11.5. The van der Waals surface area contributed by atoms with Crippen LogP contribution in [0.4, 0.5) is 10.1 Å². The molecular weight excluding hydrogens is 353 g/mol. The van der Waals surface area contributed by atoms with Crippen molar-refractivity contribution in [1.29, 1.82) is 0 Å². The summed E-state index contributed by atoms with van der Waals surface area (Å²) in [6, 6.07) is 4.39.